The molecule has 2 heterocycles. The summed E-state index contributed by atoms with van der Waals surface area (Å²) in [6.07, 6.45) is 5.61. The normalized spacial score (nSPS) is 26.6. The van der Waals surface area contributed by atoms with Gasteiger partial charge in [0, 0.05) is 12.1 Å². The second-order valence-electron chi connectivity index (χ2n) is 4.70. The molecule has 3 heteroatoms. The molecule has 2 atom stereocenters. The third-order valence-corrected chi connectivity index (χ3v) is 3.23. The van der Waals surface area contributed by atoms with Crippen molar-refractivity contribution in [3.8, 4) is 0 Å². The Hall–Kier alpha value is -1.25. The lowest BCUT2D eigenvalue weighted by Crippen LogP contribution is -2.39. The molecule has 1 aromatic rings. The number of hydrazone groups is 1. The first-order chi connectivity index (χ1) is 7.66. The number of hydrogen-bond donors (Lipinski definition) is 0. The van der Waals surface area contributed by atoms with Gasteiger partial charge in [0.15, 0.2) is 0 Å². The molecule has 0 spiro atoms. The van der Waals surface area contributed by atoms with E-state index in [-0.39, 0.29) is 0 Å². The summed E-state index contributed by atoms with van der Waals surface area (Å²) in [6, 6.07) is 5.00. The average molecular weight is 220 g/mol. The number of piperidine rings is 1. The van der Waals surface area contributed by atoms with E-state index in [0.717, 1.165) is 11.5 Å². The number of nitrogens with zero attached hydrogens (tertiary/aromatic N) is 2. The van der Waals surface area contributed by atoms with Gasteiger partial charge in [0.1, 0.15) is 11.5 Å². The third-order valence-electron chi connectivity index (χ3n) is 3.23. The second kappa shape index (κ2) is 4.73. The van der Waals surface area contributed by atoms with Gasteiger partial charge < -0.3 is 4.42 Å². The highest BCUT2D eigenvalue weighted by molar-refractivity contribution is 5.75. The van der Waals surface area contributed by atoms with Gasteiger partial charge in [-0.25, -0.2) is 0 Å². The van der Waals surface area contributed by atoms with Crippen LogP contribution in [0.5, 0.6) is 0 Å². The van der Waals surface area contributed by atoms with Gasteiger partial charge in [0.05, 0.1) is 6.21 Å². The molecule has 1 fully saturated rings. The standard InChI is InChI=1S/C13H20N2O/c1-10-5-4-6-11(2)15(10)14-9-13-8-7-12(3)16-13/h7-11H,4-6H2,1-3H3/b14-9-/t10-,11+. The minimum atomic E-state index is 0.538. The van der Waals surface area contributed by atoms with E-state index < -0.39 is 0 Å². The lowest BCUT2D eigenvalue weighted by Gasteiger charge is -2.36. The van der Waals surface area contributed by atoms with Crippen LogP contribution < -0.4 is 0 Å². The zero-order chi connectivity index (χ0) is 11.5. The predicted octanol–water partition coefficient (Wildman–Crippen LogP) is 3.18. The molecule has 2 rings (SSSR count). The van der Waals surface area contributed by atoms with E-state index in [2.05, 4.69) is 24.0 Å². The molecule has 0 aliphatic carbocycles. The Labute approximate surface area is 97.1 Å². The van der Waals surface area contributed by atoms with Crippen LogP contribution in [0.3, 0.4) is 0 Å². The van der Waals surface area contributed by atoms with Crippen LogP contribution in [0.2, 0.25) is 0 Å². The molecular weight excluding hydrogens is 200 g/mol. The summed E-state index contributed by atoms with van der Waals surface area (Å²) in [5.74, 6) is 1.77. The fourth-order valence-corrected chi connectivity index (χ4v) is 2.28. The van der Waals surface area contributed by atoms with E-state index in [4.69, 9.17) is 4.42 Å². The Balaban J connectivity index is 2.04. The van der Waals surface area contributed by atoms with E-state index in [9.17, 15) is 0 Å². The number of hydrogen-bond acceptors (Lipinski definition) is 3. The van der Waals surface area contributed by atoms with E-state index in [0.29, 0.717) is 12.1 Å². The Bertz CT molecular complexity index is 360. The van der Waals surface area contributed by atoms with E-state index >= 15 is 0 Å². The van der Waals surface area contributed by atoms with E-state index in [1.54, 1.807) is 0 Å². The molecule has 0 unspecified atom stereocenters. The minimum Gasteiger partial charge on any atom is -0.460 e. The van der Waals surface area contributed by atoms with Crippen molar-refractivity contribution in [3.05, 3.63) is 23.7 Å². The Morgan fingerprint density at radius 3 is 2.56 bits per heavy atom. The maximum atomic E-state index is 5.47. The van der Waals surface area contributed by atoms with Crippen molar-refractivity contribution < 1.29 is 4.42 Å². The topological polar surface area (TPSA) is 28.7 Å². The smallest absolute Gasteiger partial charge is 0.147 e. The lowest BCUT2D eigenvalue weighted by molar-refractivity contribution is 0.109. The average Bonchev–Trinajstić information content (AvgIpc) is 2.63. The molecule has 3 nitrogen and oxygen atoms in total. The molecule has 0 N–H and O–H groups in total. The maximum absolute atomic E-state index is 5.47. The zero-order valence-electron chi connectivity index (χ0n) is 10.3. The summed E-state index contributed by atoms with van der Waals surface area (Å²) in [7, 11) is 0. The van der Waals surface area contributed by atoms with E-state index in [1.165, 1.54) is 19.3 Å². The molecule has 1 aromatic heterocycles. The van der Waals surface area contributed by atoms with Crippen molar-refractivity contribution in [1.82, 2.24) is 5.01 Å². The van der Waals surface area contributed by atoms with E-state index in [1.807, 2.05) is 25.3 Å². The summed E-state index contributed by atoms with van der Waals surface area (Å²) in [5.41, 5.74) is 0. The van der Waals surface area contributed by atoms with Crippen molar-refractivity contribution in [2.75, 3.05) is 0 Å². The Morgan fingerprint density at radius 2 is 2.00 bits per heavy atom. The molecule has 0 aromatic carbocycles. The monoisotopic (exact) mass is 220 g/mol. The molecule has 0 saturated carbocycles. The molecule has 1 saturated heterocycles. The Kier molecular flexibility index (Phi) is 3.32. The van der Waals surface area contributed by atoms with Crippen LogP contribution in [0.25, 0.3) is 0 Å². The molecule has 0 amide bonds. The van der Waals surface area contributed by atoms with Crippen LogP contribution in [0, 0.1) is 6.92 Å². The highest BCUT2D eigenvalue weighted by Crippen LogP contribution is 2.22. The molecule has 1 aliphatic heterocycles. The van der Waals surface area contributed by atoms with Gasteiger partial charge in [-0.3, -0.25) is 5.01 Å². The fourth-order valence-electron chi connectivity index (χ4n) is 2.28. The number of aryl methyl sites for hydroxylation is 1. The first kappa shape index (κ1) is 11.2. The summed E-state index contributed by atoms with van der Waals surface area (Å²) in [5, 5.41) is 6.74. The van der Waals surface area contributed by atoms with Crippen molar-refractivity contribution in [1.29, 1.82) is 0 Å². The highest BCUT2D eigenvalue weighted by Gasteiger charge is 2.22. The van der Waals surface area contributed by atoms with Gasteiger partial charge in [-0.15, -0.1) is 0 Å². The van der Waals surface area contributed by atoms with Gasteiger partial charge in [-0.1, -0.05) is 0 Å². The molecule has 88 valence electrons. The van der Waals surface area contributed by atoms with Crippen molar-refractivity contribution in [2.24, 2.45) is 5.10 Å². The molecule has 0 bridgehead atoms. The zero-order valence-corrected chi connectivity index (χ0v) is 10.3. The summed E-state index contributed by atoms with van der Waals surface area (Å²) < 4.78 is 5.47. The van der Waals surface area contributed by atoms with Crippen LogP contribution >= 0.6 is 0 Å². The quantitative estimate of drug-likeness (QED) is 0.716. The first-order valence-corrected chi connectivity index (χ1v) is 6.05. The molecule has 16 heavy (non-hydrogen) atoms. The van der Waals surface area contributed by atoms with Gasteiger partial charge in [-0.05, 0) is 52.2 Å². The highest BCUT2D eigenvalue weighted by atomic mass is 16.3. The van der Waals surface area contributed by atoms with Crippen LogP contribution in [-0.2, 0) is 0 Å². The fraction of sp³-hybridized carbons (Fsp3) is 0.615. The molecule has 0 radical (unpaired) electrons. The van der Waals surface area contributed by atoms with Crippen molar-refractivity contribution in [2.45, 2.75) is 52.1 Å². The summed E-state index contributed by atoms with van der Waals surface area (Å²) >= 11 is 0. The molecule has 1 aliphatic rings. The van der Waals surface area contributed by atoms with Crippen molar-refractivity contribution in [3.63, 3.8) is 0 Å². The number of furan rings is 1. The lowest BCUT2D eigenvalue weighted by atomic mass is 10.00. The summed E-state index contributed by atoms with van der Waals surface area (Å²) in [6.45, 7) is 6.42. The minimum absolute atomic E-state index is 0.538. The summed E-state index contributed by atoms with van der Waals surface area (Å²) in [4.78, 5) is 0. The van der Waals surface area contributed by atoms with Gasteiger partial charge in [-0.2, -0.15) is 5.10 Å². The van der Waals surface area contributed by atoms with Gasteiger partial charge in [0.25, 0.3) is 0 Å². The second-order valence-corrected chi connectivity index (χ2v) is 4.70. The van der Waals surface area contributed by atoms with Gasteiger partial charge >= 0.3 is 0 Å². The SMILES string of the molecule is Cc1ccc(/C=N\N2[C@H](C)CCC[C@@H]2C)o1. The van der Waals surface area contributed by atoms with Crippen LogP contribution in [0.1, 0.15) is 44.6 Å². The predicted molar refractivity (Wildman–Crippen MR) is 65.7 cm³/mol. The largest absolute Gasteiger partial charge is 0.460 e. The Morgan fingerprint density at radius 1 is 1.31 bits per heavy atom. The van der Waals surface area contributed by atoms with Crippen molar-refractivity contribution >= 4 is 6.21 Å². The first-order valence-electron chi connectivity index (χ1n) is 6.05. The van der Waals surface area contributed by atoms with Gasteiger partial charge in [0.2, 0.25) is 0 Å². The number of rotatable bonds is 2. The van der Waals surface area contributed by atoms with Crippen LogP contribution in [0.15, 0.2) is 21.7 Å². The third kappa shape index (κ3) is 2.46. The van der Waals surface area contributed by atoms with Crippen LogP contribution in [-0.4, -0.2) is 23.3 Å². The molecular formula is C13H20N2O. The maximum Gasteiger partial charge on any atom is 0.147 e. The van der Waals surface area contributed by atoms with Crippen LogP contribution in [0.4, 0.5) is 0 Å².